The van der Waals surface area contributed by atoms with Crippen molar-refractivity contribution in [2.75, 3.05) is 0 Å². The van der Waals surface area contributed by atoms with E-state index in [1.165, 1.54) is 10.2 Å². The van der Waals surface area contributed by atoms with Crippen molar-refractivity contribution in [3.63, 3.8) is 0 Å². The van der Waals surface area contributed by atoms with Crippen LogP contribution in [0.25, 0.3) is 10.2 Å². The number of hydrogen-bond acceptors (Lipinski definition) is 3. The molecule has 15 heavy (non-hydrogen) atoms. The smallest absolute Gasteiger partial charge is 0.208 e. The number of thiazole rings is 1. The summed E-state index contributed by atoms with van der Waals surface area (Å²) in [5.41, 5.74) is 1.17. The number of rotatable bonds is 0. The highest BCUT2D eigenvalue weighted by molar-refractivity contribution is 7.16. The van der Waals surface area contributed by atoms with Gasteiger partial charge in [0, 0.05) is 7.05 Å². The molecule has 1 aromatic heterocycles. The third kappa shape index (κ3) is 2.85. The Hall–Kier alpha value is -0.750. The largest absolute Gasteiger partial charge is 0.412 e. The fraction of sp³-hybridized carbons (Fsp3) is 0.125. The molecule has 0 saturated carbocycles. The summed E-state index contributed by atoms with van der Waals surface area (Å²) >= 11 is 1.60. The molecule has 2 rings (SSSR count). The standard InChI is InChI=1S/C8H9N3S.2ClH.H2O/c1-11-6-4-2-3-5-7(6)12-8(11)10-9;;;/h2-5H,9H2,1H3;2*1H;1H2/b10-8+;;;. The highest BCUT2D eigenvalue weighted by atomic mass is 35.5. The molecule has 0 bridgehead atoms. The fourth-order valence-corrected chi connectivity index (χ4v) is 2.14. The second-order valence-electron chi connectivity index (χ2n) is 2.54. The molecule has 7 heteroatoms. The molecule has 0 saturated heterocycles. The van der Waals surface area contributed by atoms with Crippen LogP contribution in [-0.2, 0) is 7.05 Å². The van der Waals surface area contributed by atoms with Gasteiger partial charge in [-0.2, -0.15) is 5.10 Å². The maximum atomic E-state index is 5.23. The molecule has 0 fully saturated rings. The quantitative estimate of drug-likeness (QED) is 0.563. The van der Waals surface area contributed by atoms with E-state index in [0.717, 1.165) is 4.80 Å². The number of nitrogens with two attached hydrogens (primary N) is 1. The second-order valence-corrected chi connectivity index (χ2v) is 3.55. The molecule has 1 heterocycles. The van der Waals surface area contributed by atoms with Gasteiger partial charge < -0.3 is 15.9 Å². The van der Waals surface area contributed by atoms with E-state index in [1.807, 2.05) is 23.7 Å². The third-order valence-electron chi connectivity index (χ3n) is 1.83. The molecule has 0 amide bonds. The van der Waals surface area contributed by atoms with Crippen molar-refractivity contribution in [2.24, 2.45) is 18.0 Å². The lowest BCUT2D eigenvalue weighted by Crippen LogP contribution is -2.11. The Kier molecular flexibility index (Phi) is 7.43. The van der Waals surface area contributed by atoms with Crippen LogP contribution in [0, 0.1) is 0 Å². The molecule has 0 aliphatic carbocycles. The van der Waals surface area contributed by atoms with E-state index in [4.69, 9.17) is 5.84 Å². The van der Waals surface area contributed by atoms with Crippen LogP contribution in [0.1, 0.15) is 0 Å². The number of fused-ring (bicyclic) bond motifs is 1. The minimum Gasteiger partial charge on any atom is -0.412 e. The first-order chi connectivity index (χ1) is 5.83. The number of hydrogen-bond donors (Lipinski definition) is 1. The summed E-state index contributed by atoms with van der Waals surface area (Å²) in [6.07, 6.45) is 0. The monoisotopic (exact) mass is 269 g/mol. The van der Waals surface area contributed by atoms with Gasteiger partial charge in [0.2, 0.25) is 4.80 Å². The van der Waals surface area contributed by atoms with Crippen LogP contribution in [0.2, 0.25) is 0 Å². The minimum absolute atomic E-state index is 0. The Labute approximate surface area is 104 Å². The van der Waals surface area contributed by atoms with Crippen molar-refractivity contribution in [1.29, 1.82) is 0 Å². The average molecular weight is 270 g/mol. The van der Waals surface area contributed by atoms with Crippen LogP contribution in [0.3, 0.4) is 0 Å². The molecule has 0 aliphatic rings. The summed E-state index contributed by atoms with van der Waals surface area (Å²) in [5.74, 6) is 5.23. The van der Waals surface area contributed by atoms with E-state index in [9.17, 15) is 0 Å². The zero-order chi connectivity index (χ0) is 8.55. The third-order valence-corrected chi connectivity index (χ3v) is 2.95. The van der Waals surface area contributed by atoms with Crippen molar-refractivity contribution >= 4 is 46.4 Å². The molecule has 4 nitrogen and oxygen atoms in total. The molecule has 4 N–H and O–H groups in total. The van der Waals surface area contributed by atoms with Crippen LogP contribution in [-0.4, -0.2) is 10.0 Å². The van der Waals surface area contributed by atoms with E-state index in [-0.39, 0.29) is 30.3 Å². The number of aromatic nitrogens is 1. The number of benzene rings is 1. The first-order valence-corrected chi connectivity index (χ1v) is 4.43. The Morgan fingerprint density at radius 2 is 1.87 bits per heavy atom. The topological polar surface area (TPSA) is 74.8 Å². The predicted molar refractivity (Wildman–Crippen MR) is 68.7 cm³/mol. The van der Waals surface area contributed by atoms with Crippen molar-refractivity contribution in [3.8, 4) is 0 Å². The average Bonchev–Trinajstić information content (AvgIpc) is 2.44. The van der Waals surface area contributed by atoms with Crippen LogP contribution in [0.4, 0.5) is 0 Å². The van der Waals surface area contributed by atoms with Crippen LogP contribution < -0.4 is 10.6 Å². The van der Waals surface area contributed by atoms with Crippen molar-refractivity contribution in [1.82, 2.24) is 4.57 Å². The van der Waals surface area contributed by atoms with Gasteiger partial charge >= 0.3 is 0 Å². The van der Waals surface area contributed by atoms with E-state index in [0.29, 0.717) is 0 Å². The van der Waals surface area contributed by atoms with E-state index >= 15 is 0 Å². The first kappa shape index (κ1) is 16.7. The Balaban J connectivity index is 0. The molecule has 0 radical (unpaired) electrons. The summed E-state index contributed by atoms with van der Waals surface area (Å²) in [7, 11) is 1.96. The molecule has 0 spiro atoms. The van der Waals surface area contributed by atoms with Gasteiger partial charge in [-0.25, -0.2) is 0 Å². The van der Waals surface area contributed by atoms with Gasteiger partial charge in [-0.1, -0.05) is 23.5 Å². The van der Waals surface area contributed by atoms with Crippen LogP contribution in [0.15, 0.2) is 29.4 Å². The molecule has 0 aliphatic heterocycles. The normalized spacial score (nSPS) is 10.1. The summed E-state index contributed by atoms with van der Waals surface area (Å²) in [6, 6.07) is 8.14. The van der Waals surface area contributed by atoms with Gasteiger partial charge in [0.1, 0.15) is 0 Å². The highest BCUT2D eigenvalue weighted by Gasteiger charge is 1.99. The lowest BCUT2D eigenvalue weighted by molar-refractivity contribution is 0.824. The summed E-state index contributed by atoms with van der Waals surface area (Å²) < 4.78 is 3.20. The van der Waals surface area contributed by atoms with Gasteiger partial charge in [0.15, 0.2) is 0 Å². The molecular formula is C8H13Cl2N3OS. The van der Waals surface area contributed by atoms with E-state index < -0.39 is 0 Å². The molecule has 2 aromatic rings. The number of aryl methyl sites for hydroxylation is 1. The summed E-state index contributed by atoms with van der Waals surface area (Å²) in [5, 5.41) is 3.69. The molecule has 86 valence electrons. The Bertz CT molecular complexity index is 480. The van der Waals surface area contributed by atoms with Gasteiger partial charge in [-0.15, -0.1) is 24.8 Å². The van der Waals surface area contributed by atoms with Crippen molar-refractivity contribution in [2.45, 2.75) is 0 Å². The lowest BCUT2D eigenvalue weighted by Gasteiger charge is -1.91. The Morgan fingerprint density at radius 1 is 1.27 bits per heavy atom. The van der Waals surface area contributed by atoms with Gasteiger partial charge in [0.25, 0.3) is 0 Å². The van der Waals surface area contributed by atoms with Crippen molar-refractivity contribution < 1.29 is 5.48 Å². The highest BCUT2D eigenvalue weighted by Crippen LogP contribution is 2.14. The first-order valence-electron chi connectivity index (χ1n) is 3.61. The zero-order valence-corrected chi connectivity index (χ0v) is 10.5. The lowest BCUT2D eigenvalue weighted by atomic mass is 10.3. The van der Waals surface area contributed by atoms with Crippen LogP contribution >= 0.6 is 36.2 Å². The second kappa shape index (κ2) is 6.68. The number of halogens is 2. The number of para-hydroxylation sites is 1. The summed E-state index contributed by atoms with van der Waals surface area (Å²) in [6.45, 7) is 0. The molecule has 0 unspecified atom stereocenters. The van der Waals surface area contributed by atoms with Gasteiger partial charge in [-0.3, -0.25) is 0 Å². The maximum Gasteiger partial charge on any atom is 0.208 e. The summed E-state index contributed by atoms with van der Waals surface area (Å²) in [4.78, 5) is 0.844. The maximum absolute atomic E-state index is 5.23. The Morgan fingerprint density at radius 3 is 2.40 bits per heavy atom. The van der Waals surface area contributed by atoms with Crippen molar-refractivity contribution in [3.05, 3.63) is 29.1 Å². The van der Waals surface area contributed by atoms with E-state index in [1.54, 1.807) is 11.3 Å². The van der Waals surface area contributed by atoms with Gasteiger partial charge in [-0.05, 0) is 12.1 Å². The molecule has 0 atom stereocenters. The molecule has 1 aromatic carbocycles. The number of nitrogens with zero attached hydrogens (tertiary/aromatic N) is 2. The van der Waals surface area contributed by atoms with Gasteiger partial charge in [0.05, 0.1) is 10.2 Å². The van der Waals surface area contributed by atoms with E-state index in [2.05, 4.69) is 17.2 Å². The van der Waals surface area contributed by atoms with Crippen LogP contribution in [0.5, 0.6) is 0 Å². The predicted octanol–water partition coefficient (Wildman–Crippen LogP) is 1.03. The fourth-order valence-electron chi connectivity index (χ4n) is 1.20. The minimum atomic E-state index is 0. The SMILES string of the molecule is Cl.Cl.Cn1/c(=N\N)sc2ccccc21.O. The molecular weight excluding hydrogens is 257 g/mol. The zero-order valence-electron chi connectivity index (χ0n) is 8.01.